The highest BCUT2D eigenvalue weighted by atomic mass is 35.5. The lowest BCUT2D eigenvalue weighted by Crippen LogP contribution is -2.21. The number of carbonyl (C=O) groups is 1. The predicted molar refractivity (Wildman–Crippen MR) is 116 cm³/mol. The fourth-order valence-corrected chi connectivity index (χ4v) is 3.99. The maximum atomic E-state index is 12.4. The third-order valence-electron chi connectivity index (χ3n) is 5.31. The fourth-order valence-electron chi connectivity index (χ4n) is 3.99. The molecular formula is C21H24ClN3O5. The molecule has 3 heterocycles. The Morgan fingerprint density at radius 3 is 2.67 bits per heavy atom. The van der Waals surface area contributed by atoms with Gasteiger partial charge in [0.25, 0.3) is 5.56 Å². The average Bonchev–Trinajstić information content (AvgIpc) is 2.82. The monoisotopic (exact) mass is 433 g/mol. The minimum Gasteiger partial charge on any atom is -0.506 e. The lowest BCUT2D eigenvalue weighted by atomic mass is 9.98. The Morgan fingerprint density at radius 2 is 2.03 bits per heavy atom. The molecule has 0 saturated carbocycles. The highest BCUT2D eigenvalue weighted by Crippen LogP contribution is 2.41. The van der Waals surface area contributed by atoms with Crippen LogP contribution in [0.2, 0.25) is 0 Å². The number of aromatic hydroxyl groups is 1. The van der Waals surface area contributed by atoms with Crippen LogP contribution in [0.5, 0.6) is 11.5 Å². The van der Waals surface area contributed by atoms with Crippen molar-refractivity contribution >= 4 is 29.3 Å². The van der Waals surface area contributed by atoms with Gasteiger partial charge >= 0.3 is 5.97 Å². The molecule has 0 radical (unpaired) electrons. The number of H-pyrrole nitrogens is 1. The number of aromatic nitrogens is 2. The normalized spacial score (nSPS) is 15.2. The van der Waals surface area contributed by atoms with Crippen LogP contribution in [0.15, 0.2) is 23.0 Å². The van der Waals surface area contributed by atoms with E-state index in [1.807, 2.05) is 40.2 Å². The van der Waals surface area contributed by atoms with Crippen molar-refractivity contribution in [3.05, 3.63) is 45.4 Å². The molecule has 3 N–H and O–H groups in total. The second kappa shape index (κ2) is 7.70. The van der Waals surface area contributed by atoms with E-state index in [1.165, 1.54) is 0 Å². The lowest BCUT2D eigenvalue weighted by molar-refractivity contribution is 0.0691. The van der Waals surface area contributed by atoms with Crippen LogP contribution < -0.4 is 10.3 Å². The van der Waals surface area contributed by atoms with Gasteiger partial charge in [-0.2, -0.15) is 0 Å². The molecule has 1 aliphatic rings. The summed E-state index contributed by atoms with van der Waals surface area (Å²) in [4.78, 5) is 28.5. The van der Waals surface area contributed by atoms with E-state index in [2.05, 4.69) is 20.5 Å². The van der Waals surface area contributed by atoms with E-state index < -0.39 is 22.8 Å². The number of aromatic amines is 1. The molecule has 3 aromatic rings. The number of hydrogen-bond acceptors (Lipinski definition) is 5. The Kier molecular flexibility index (Phi) is 5.58. The Morgan fingerprint density at radius 1 is 1.33 bits per heavy atom. The van der Waals surface area contributed by atoms with Crippen LogP contribution in [-0.2, 0) is 20.0 Å². The minimum atomic E-state index is -1.46. The van der Waals surface area contributed by atoms with Gasteiger partial charge < -0.3 is 29.4 Å². The minimum absolute atomic E-state index is 0. The van der Waals surface area contributed by atoms with Gasteiger partial charge in [0, 0.05) is 48.3 Å². The molecule has 30 heavy (non-hydrogen) atoms. The van der Waals surface area contributed by atoms with Gasteiger partial charge in [-0.3, -0.25) is 4.79 Å². The van der Waals surface area contributed by atoms with Crippen molar-refractivity contribution in [2.45, 2.75) is 26.0 Å². The van der Waals surface area contributed by atoms with E-state index in [4.69, 9.17) is 4.74 Å². The molecule has 0 saturated heterocycles. The SMILES string of the molecule is CC1Cc2c([nH]c(=O)c(C(=O)O)c2O)-c2cc3cc(CN(C)C)n(C)c3cc2O1.Cl. The molecule has 1 atom stereocenters. The maximum absolute atomic E-state index is 12.4. The van der Waals surface area contributed by atoms with Crippen LogP contribution in [0.25, 0.3) is 22.2 Å². The van der Waals surface area contributed by atoms with E-state index >= 15 is 0 Å². The Bertz CT molecular complexity index is 1210. The zero-order valence-electron chi connectivity index (χ0n) is 17.1. The smallest absolute Gasteiger partial charge is 0.345 e. The number of fused-ring (bicyclic) bond motifs is 4. The van der Waals surface area contributed by atoms with Gasteiger partial charge in [0.05, 0.1) is 11.2 Å². The molecule has 160 valence electrons. The molecule has 1 aromatic carbocycles. The molecule has 4 rings (SSSR count). The average molecular weight is 434 g/mol. The van der Waals surface area contributed by atoms with Crippen LogP contribution in [0.3, 0.4) is 0 Å². The summed E-state index contributed by atoms with van der Waals surface area (Å²) in [5.74, 6) is -1.38. The van der Waals surface area contributed by atoms with Crippen LogP contribution in [0, 0.1) is 0 Å². The summed E-state index contributed by atoms with van der Waals surface area (Å²) in [5.41, 5.74) is 2.03. The van der Waals surface area contributed by atoms with Crippen LogP contribution >= 0.6 is 12.4 Å². The van der Waals surface area contributed by atoms with E-state index in [0.717, 1.165) is 23.1 Å². The standard InChI is InChI=1S/C21H23N3O5.ClH/c1-10-5-14-18(22-20(26)17(19(14)25)21(27)28)13-7-11-6-12(9-23(2)3)24(4)15(11)8-16(13)29-10;/h6-8,10H,5,9H2,1-4H3,(H,27,28)(H2,22,25,26);1H. The number of benzene rings is 1. The number of pyridine rings is 1. The molecule has 0 bridgehead atoms. The van der Waals surface area contributed by atoms with Crippen molar-refractivity contribution < 1.29 is 19.7 Å². The van der Waals surface area contributed by atoms with Crippen LogP contribution in [0.1, 0.15) is 28.5 Å². The summed E-state index contributed by atoms with van der Waals surface area (Å²) in [7, 11) is 6.00. The Labute approximate surface area is 179 Å². The van der Waals surface area contributed by atoms with E-state index in [-0.39, 0.29) is 24.9 Å². The van der Waals surface area contributed by atoms with Crippen molar-refractivity contribution in [1.29, 1.82) is 0 Å². The molecule has 2 aromatic heterocycles. The lowest BCUT2D eigenvalue weighted by Gasteiger charge is -2.13. The van der Waals surface area contributed by atoms with Crippen molar-refractivity contribution in [1.82, 2.24) is 14.5 Å². The summed E-state index contributed by atoms with van der Waals surface area (Å²) in [6.45, 7) is 2.61. The quantitative estimate of drug-likeness (QED) is 0.586. The Hall–Kier alpha value is -2.97. The zero-order chi connectivity index (χ0) is 21.0. The van der Waals surface area contributed by atoms with Gasteiger partial charge in [0.15, 0.2) is 5.56 Å². The summed E-state index contributed by atoms with van der Waals surface area (Å²) >= 11 is 0. The first-order valence-electron chi connectivity index (χ1n) is 9.33. The van der Waals surface area contributed by atoms with Crippen molar-refractivity contribution in [2.24, 2.45) is 7.05 Å². The summed E-state index contributed by atoms with van der Waals surface area (Å²) in [5, 5.41) is 20.8. The number of ether oxygens (including phenoxy) is 1. The summed E-state index contributed by atoms with van der Waals surface area (Å²) < 4.78 is 8.18. The molecule has 0 amide bonds. The first-order chi connectivity index (χ1) is 13.7. The second-order valence-corrected chi connectivity index (χ2v) is 7.81. The largest absolute Gasteiger partial charge is 0.506 e. The first-order valence-corrected chi connectivity index (χ1v) is 9.33. The number of carboxylic acid groups (broad SMARTS) is 1. The highest BCUT2D eigenvalue weighted by Gasteiger charge is 2.29. The van der Waals surface area contributed by atoms with Crippen molar-refractivity contribution in [3.8, 4) is 22.8 Å². The molecule has 0 fully saturated rings. The van der Waals surface area contributed by atoms with Crippen molar-refractivity contribution in [2.75, 3.05) is 14.1 Å². The number of hydrogen-bond donors (Lipinski definition) is 3. The van der Waals surface area contributed by atoms with Gasteiger partial charge in [0.1, 0.15) is 17.6 Å². The summed E-state index contributed by atoms with van der Waals surface area (Å²) in [6.07, 6.45) is -0.0396. The second-order valence-electron chi connectivity index (χ2n) is 7.81. The molecule has 0 aliphatic carbocycles. The third kappa shape index (κ3) is 3.42. The van der Waals surface area contributed by atoms with Gasteiger partial charge in [0.2, 0.25) is 0 Å². The number of aryl methyl sites for hydroxylation is 1. The van der Waals surface area contributed by atoms with E-state index in [9.17, 15) is 19.8 Å². The zero-order valence-corrected chi connectivity index (χ0v) is 18.0. The van der Waals surface area contributed by atoms with Gasteiger partial charge in [-0.05, 0) is 33.2 Å². The molecule has 8 nitrogen and oxygen atoms in total. The molecule has 9 heteroatoms. The molecule has 1 aliphatic heterocycles. The topological polar surface area (TPSA) is 108 Å². The third-order valence-corrected chi connectivity index (χ3v) is 5.31. The van der Waals surface area contributed by atoms with E-state index in [0.29, 0.717) is 22.6 Å². The number of nitrogens with zero attached hydrogens (tertiary/aromatic N) is 2. The summed E-state index contributed by atoms with van der Waals surface area (Å²) in [6, 6.07) is 5.92. The Balaban J connectivity index is 0.00000256. The predicted octanol–water partition coefficient (Wildman–Crippen LogP) is 2.74. The first kappa shape index (κ1) is 21.7. The molecular weight excluding hydrogens is 410 g/mol. The van der Waals surface area contributed by atoms with E-state index in [1.54, 1.807) is 0 Å². The van der Waals surface area contributed by atoms with Crippen LogP contribution in [-0.4, -0.2) is 50.8 Å². The number of carboxylic acids is 1. The number of rotatable bonds is 3. The maximum Gasteiger partial charge on any atom is 0.345 e. The molecule has 1 unspecified atom stereocenters. The number of nitrogens with one attached hydrogen (secondary N) is 1. The molecule has 0 spiro atoms. The number of halogens is 1. The number of aromatic carboxylic acids is 1. The van der Waals surface area contributed by atoms with Crippen molar-refractivity contribution in [3.63, 3.8) is 0 Å². The van der Waals surface area contributed by atoms with Crippen LogP contribution in [0.4, 0.5) is 0 Å². The van der Waals surface area contributed by atoms with Gasteiger partial charge in [-0.15, -0.1) is 12.4 Å². The van der Waals surface area contributed by atoms with Gasteiger partial charge in [-0.25, -0.2) is 4.79 Å². The van der Waals surface area contributed by atoms with Gasteiger partial charge in [-0.1, -0.05) is 0 Å². The highest BCUT2D eigenvalue weighted by molar-refractivity contribution is 5.94. The fraction of sp³-hybridized carbons (Fsp3) is 0.333.